The van der Waals surface area contributed by atoms with Gasteiger partial charge in [0, 0.05) is 52.4 Å². The van der Waals surface area contributed by atoms with Crippen molar-refractivity contribution in [2.75, 3.05) is 0 Å². The number of hydrogen-bond acceptors (Lipinski definition) is 3. The van der Waals surface area contributed by atoms with Crippen molar-refractivity contribution in [3.05, 3.63) is 158 Å². The van der Waals surface area contributed by atoms with Crippen LogP contribution in [0.5, 0.6) is 0 Å². The first-order valence-electron chi connectivity index (χ1n) is 15.8. The Kier molecular flexibility index (Phi) is 5.54. The lowest BCUT2D eigenvalue weighted by Crippen LogP contribution is -1.94. The Balaban J connectivity index is 0.952. The molecule has 10 aromatic rings. The quantitative estimate of drug-likeness (QED) is 0.189. The highest BCUT2D eigenvalue weighted by Crippen LogP contribution is 2.39. The molecule has 0 saturated carbocycles. The monoisotopic (exact) mass is 598 g/mol. The first-order valence-corrected chi connectivity index (χ1v) is 15.8. The fraction of sp³-hybridized carbons (Fsp3) is 0. The van der Waals surface area contributed by atoms with Crippen LogP contribution in [-0.2, 0) is 0 Å². The third-order valence-electron chi connectivity index (χ3n) is 9.56. The van der Waals surface area contributed by atoms with Crippen molar-refractivity contribution in [3.8, 4) is 39.3 Å². The lowest BCUT2D eigenvalue weighted by molar-refractivity contribution is 1.17. The van der Waals surface area contributed by atoms with Crippen molar-refractivity contribution in [2.24, 2.45) is 0 Å². The summed E-state index contributed by atoms with van der Waals surface area (Å²) in [6, 6.07) is 47.6. The van der Waals surface area contributed by atoms with E-state index in [1.807, 2.05) is 24.8 Å². The molecule has 218 valence electrons. The van der Waals surface area contributed by atoms with E-state index in [4.69, 9.17) is 9.97 Å². The Morgan fingerprint density at radius 1 is 0.404 bits per heavy atom. The SMILES string of the molecule is c1cc2ccc3ccc(-c4ccc(-c5ccc(-c6ccc(-n7c8ccccc8c8cnccc87)cc6)cn5)nc4)c4ccc(c1)c2c34. The van der Waals surface area contributed by atoms with Crippen molar-refractivity contribution >= 4 is 54.1 Å². The van der Waals surface area contributed by atoms with E-state index in [0.29, 0.717) is 0 Å². The van der Waals surface area contributed by atoms with Gasteiger partial charge >= 0.3 is 0 Å². The maximum absolute atomic E-state index is 4.86. The van der Waals surface area contributed by atoms with Gasteiger partial charge in [-0.1, -0.05) is 97.1 Å². The first-order chi connectivity index (χ1) is 23.3. The molecule has 0 aliphatic heterocycles. The summed E-state index contributed by atoms with van der Waals surface area (Å²) >= 11 is 0. The van der Waals surface area contributed by atoms with Gasteiger partial charge in [-0.15, -0.1) is 0 Å². The second kappa shape index (κ2) is 10.1. The Bertz CT molecular complexity index is 2690. The number of para-hydroxylation sites is 1. The molecule has 0 spiro atoms. The lowest BCUT2D eigenvalue weighted by Gasteiger charge is -2.14. The van der Waals surface area contributed by atoms with Gasteiger partial charge in [0.15, 0.2) is 0 Å². The number of rotatable bonds is 4. The van der Waals surface area contributed by atoms with E-state index in [9.17, 15) is 0 Å². The normalized spacial score (nSPS) is 11.8. The average Bonchev–Trinajstić information content (AvgIpc) is 3.48. The van der Waals surface area contributed by atoms with Crippen LogP contribution >= 0.6 is 0 Å². The molecule has 0 unspecified atom stereocenters. The van der Waals surface area contributed by atoms with E-state index in [-0.39, 0.29) is 0 Å². The Hall–Kier alpha value is -6.39. The average molecular weight is 599 g/mol. The van der Waals surface area contributed by atoms with Crippen molar-refractivity contribution in [2.45, 2.75) is 0 Å². The zero-order chi connectivity index (χ0) is 30.9. The van der Waals surface area contributed by atoms with E-state index in [0.717, 1.165) is 44.7 Å². The Morgan fingerprint density at radius 2 is 1.06 bits per heavy atom. The molecule has 0 bridgehead atoms. The molecule has 10 rings (SSSR count). The molecule has 0 atom stereocenters. The molecule has 4 nitrogen and oxygen atoms in total. The summed E-state index contributed by atoms with van der Waals surface area (Å²) in [5.74, 6) is 0. The van der Waals surface area contributed by atoms with Gasteiger partial charge in [-0.05, 0) is 79.8 Å². The molecular weight excluding hydrogens is 573 g/mol. The van der Waals surface area contributed by atoms with Crippen LogP contribution < -0.4 is 0 Å². The van der Waals surface area contributed by atoms with E-state index in [2.05, 4.69) is 143 Å². The number of nitrogens with zero attached hydrogens (tertiary/aromatic N) is 4. The van der Waals surface area contributed by atoms with Crippen LogP contribution in [0, 0.1) is 0 Å². The third-order valence-corrected chi connectivity index (χ3v) is 9.56. The second-order valence-corrected chi connectivity index (χ2v) is 12.1. The topological polar surface area (TPSA) is 43.6 Å². The van der Waals surface area contributed by atoms with E-state index >= 15 is 0 Å². The summed E-state index contributed by atoms with van der Waals surface area (Å²) in [5.41, 5.74) is 9.63. The number of benzene rings is 6. The smallest absolute Gasteiger partial charge is 0.0886 e. The summed E-state index contributed by atoms with van der Waals surface area (Å²) in [6.45, 7) is 0. The minimum Gasteiger partial charge on any atom is -0.309 e. The molecule has 0 amide bonds. The molecule has 0 radical (unpaired) electrons. The van der Waals surface area contributed by atoms with Gasteiger partial charge in [-0.2, -0.15) is 0 Å². The molecule has 0 aliphatic rings. The van der Waals surface area contributed by atoms with Crippen LogP contribution in [0.3, 0.4) is 0 Å². The molecular formula is C43H26N4. The van der Waals surface area contributed by atoms with E-state index < -0.39 is 0 Å². The second-order valence-electron chi connectivity index (χ2n) is 12.1. The largest absolute Gasteiger partial charge is 0.309 e. The van der Waals surface area contributed by atoms with Crippen LogP contribution in [0.4, 0.5) is 0 Å². The molecule has 0 aliphatic carbocycles. The number of pyridine rings is 3. The maximum atomic E-state index is 4.86. The van der Waals surface area contributed by atoms with Gasteiger partial charge in [0.1, 0.15) is 0 Å². The first kappa shape index (κ1) is 25.9. The Morgan fingerprint density at radius 3 is 1.83 bits per heavy atom. The van der Waals surface area contributed by atoms with Crippen LogP contribution in [0.25, 0.3) is 93.5 Å². The summed E-state index contributed by atoms with van der Waals surface area (Å²) in [4.78, 5) is 14.0. The van der Waals surface area contributed by atoms with Gasteiger partial charge in [0.25, 0.3) is 0 Å². The fourth-order valence-electron chi connectivity index (χ4n) is 7.30. The minimum atomic E-state index is 0.853. The zero-order valence-corrected chi connectivity index (χ0v) is 25.3. The number of fused-ring (bicyclic) bond motifs is 3. The predicted octanol–water partition coefficient (Wildman–Crippen LogP) is 10.9. The molecule has 4 heteroatoms. The number of hydrogen-bond donors (Lipinski definition) is 0. The van der Waals surface area contributed by atoms with Crippen molar-refractivity contribution in [1.29, 1.82) is 0 Å². The van der Waals surface area contributed by atoms with E-state index in [1.165, 1.54) is 48.8 Å². The van der Waals surface area contributed by atoms with Crippen LogP contribution in [-0.4, -0.2) is 19.5 Å². The molecule has 0 saturated heterocycles. The summed E-state index contributed by atoms with van der Waals surface area (Å²) in [5, 5.41) is 10.1. The van der Waals surface area contributed by atoms with Gasteiger partial charge in [0.2, 0.25) is 0 Å². The predicted molar refractivity (Wildman–Crippen MR) is 194 cm³/mol. The fourth-order valence-corrected chi connectivity index (χ4v) is 7.30. The highest BCUT2D eigenvalue weighted by atomic mass is 15.0. The summed E-state index contributed by atoms with van der Waals surface area (Å²) in [7, 11) is 0. The van der Waals surface area contributed by atoms with Crippen molar-refractivity contribution < 1.29 is 0 Å². The molecule has 4 aromatic heterocycles. The van der Waals surface area contributed by atoms with Crippen LogP contribution in [0.2, 0.25) is 0 Å². The highest BCUT2D eigenvalue weighted by Gasteiger charge is 2.14. The third kappa shape index (κ3) is 3.98. The molecule has 0 fully saturated rings. The number of aromatic nitrogens is 4. The van der Waals surface area contributed by atoms with Crippen molar-refractivity contribution in [3.63, 3.8) is 0 Å². The van der Waals surface area contributed by atoms with Gasteiger partial charge in [-0.25, -0.2) is 0 Å². The molecule has 47 heavy (non-hydrogen) atoms. The van der Waals surface area contributed by atoms with Gasteiger partial charge in [-0.3, -0.25) is 15.0 Å². The summed E-state index contributed by atoms with van der Waals surface area (Å²) in [6.07, 6.45) is 7.72. The molecule has 4 heterocycles. The standard InChI is InChI=1S/C43H26N4/c1-2-7-40-35(6-1)37-26-44-23-22-41(37)47(40)33-16-10-27(11-17-33)31-14-20-38(45-24-31)39-21-15-32(25-46-39)34-18-12-30-9-8-28-4-3-5-29-13-19-36(34)43(30)42(28)29/h1-26H. The molecule has 0 N–H and O–H groups in total. The van der Waals surface area contributed by atoms with Crippen molar-refractivity contribution in [1.82, 2.24) is 19.5 Å². The lowest BCUT2D eigenvalue weighted by atomic mass is 9.90. The maximum Gasteiger partial charge on any atom is 0.0886 e. The highest BCUT2D eigenvalue weighted by molar-refractivity contribution is 6.25. The van der Waals surface area contributed by atoms with E-state index in [1.54, 1.807) is 0 Å². The van der Waals surface area contributed by atoms with Gasteiger partial charge in [0.05, 0.1) is 22.4 Å². The Labute approximate surface area is 270 Å². The van der Waals surface area contributed by atoms with Crippen LogP contribution in [0.1, 0.15) is 0 Å². The molecule has 6 aromatic carbocycles. The van der Waals surface area contributed by atoms with Crippen LogP contribution in [0.15, 0.2) is 158 Å². The summed E-state index contributed by atoms with van der Waals surface area (Å²) < 4.78 is 2.30. The van der Waals surface area contributed by atoms with Gasteiger partial charge < -0.3 is 4.57 Å². The minimum absolute atomic E-state index is 0.853. The zero-order valence-electron chi connectivity index (χ0n) is 25.3.